The maximum atomic E-state index is 12.1. The summed E-state index contributed by atoms with van der Waals surface area (Å²) < 4.78 is 10.6. The Hall–Kier alpha value is -2.95. The zero-order valence-corrected chi connectivity index (χ0v) is 14.2. The highest BCUT2D eigenvalue weighted by atomic mass is 16.7. The number of rotatable bonds is 4. The molecule has 0 atom stereocenters. The van der Waals surface area contributed by atoms with Gasteiger partial charge in [-0.05, 0) is 30.2 Å². The first-order valence-electron chi connectivity index (χ1n) is 8.21. The van der Waals surface area contributed by atoms with Crippen molar-refractivity contribution in [2.24, 2.45) is 0 Å². The number of benzene rings is 1. The molecule has 3 rings (SSSR count). The molecule has 1 aromatic carbocycles. The van der Waals surface area contributed by atoms with Gasteiger partial charge >= 0.3 is 11.9 Å². The second-order valence-corrected chi connectivity index (χ2v) is 6.02. The van der Waals surface area contributed by atoms with E-state index >= 15 is 0 Å². The van der Waals surface area contributed by atoms with Crippen LogP contribution in [0.3, 0.4) is 0 Å². The summed E-state index contributed by atoms with van der Waals surface area (Å²) in [5.41, 5.74) is 1.71. The summed E-state index contributed by atoms with van der Waals surface area (Å²) in [4.78, 5) is 28.5. The van der Waals surface area contributed by atoms with Crippen LogP contribution in [0.4, 0.5) is 0 Å². The Kier molecular flexibility index (Phi) is 4.65. The number of allylic oxidation sites excluding steroid dienone is 2. The van der Waals surface area contributed by atoms with Crippen LogP contribution in [0.15, 0.2) is 54.3 Å². The summed E-state index contributed by atoms with van der Waals surface area (Å²) in [6, 6.07) is 9.62. The third-order valence-corrected chi connectivity index (χ3v) is 3.98. The molecule has 128 valence electrons. The van der Waals surface area contributed by atoms with E-state index in [-0.39, 0.29) is 5.57 Å². The summed E-state index contributed by atoms with van der Waals surface area (Å²) in [5, 5.41) is 0.990. The maximum absolute atomic E-state index is 12.1. The van der Waals surface area contributed by atoms with Crippen molar-refractivity contribution in [3.05, 3.63) is 59.8 Å². The van der Waals surface area contributed by atoms with Gasteiger partial charge < -0.3 is 9.47 Å². The van der Waals surface area contributed by atoms with E-state index < -0.39 is 17.7 Å². The van der Waals surface area contributed by atoms with Crippen LogP contribution in [0.25, 0.3) is 17.0 Å². The average molecular weight is 337 g/mol. The van der Waals surface area contributed by atoms with E-state index in [9.17, 15) is 9.59 Å². The van der Waals surface area contributed by atoms with Crippen LogP contribution in [0.5, 0.6) is 0 Å². The lowest BCUT2D eigenvalue weighted by Gasteiger charge is -2.32. The van der Waals surface area contributed by atoms with Gasteiger partial charge in [-0.3, -0.25) is 4.98 Å². The molecule has 1 fully saturated rings. The summed E-state index contributed by atoms with van der Waals surface area (Å²) in [6.45, 7) is 3.53. The first-order chi connectivity index (χ1) is 12.0. The van der Waals surface area contributed by atoms with Crippen molar-refractivity contribution in [1.82, 2.24) is 4.98 Å². The Balaban J connectivity index is 1.83. The molecule has 0 saturated carbocycles. The molecule has 0 aliphatic carbocycles. The number of ether oxygens (including phenoxy) is 2. The van der Waals surface area contributed by atoms with Gasteiger partial charge in [-0.25, -0.2) is 9.59 Å². The Bertz CT molecular complexity index is 857. The lowest BCUT2D eigenvalue weighted by atomic mass is 10.1. The molecule has 0 amide bonds. The van der Waals surface area contributed by atoms with Crippen LogP contribution in [-0.2, 0) is 19.1 Å². The number of carbonyl (C=O) groups is 2. The predicted octanol–water partition coefficient (Wildman–Crippen LogP) is 3.79. The molecule has 0 bridgehead atoms. The standard InChI is InChI=1S/C20H19NO4/c1-3-12-20(2)24-18(22)16(19(23)25-20)9-6-7-14-11-13-21-17-10-5-4-8-15(14)17/h4-11,13H,3,12H2,1-2H3/b7-6+,16-9?. The summed E-state index contributed by atoms with van der Waals surface area (Å²) in [7, 11) is 0. The Morgan fingerprint density at radius 2 is 1.84 bits per heavy atom. The third-order valence-electron chi connectivity index (χ3n) is 3.98. The highest BCUT2D eigenvalue weighted by molar-refractivity contribution is 6.15. The minimum atomic E-state index is -1.18. The minimum Gasteiger partial charge on any atom is -0.419 e. The molecule has 1 aromatic heterocycles. The minimum absolute atomic E-state index is 0.108. The second-order valence-electron chi connectivity index (χ2n) is 6.02. The smallest absolute Gasteiger partial charge is 0.348 e. The first kappa shape index (κ1) is 16.9. The molecule has 5 nitrogen and oxygen atoms in total. The fraction of sp³-hybridized carbons (Fsp3) is 0.250. The van der Waals surface area contributed by atoms with E-state index in [1.54, 1.807) is 19.2 Å². The molecule has 0 N–H and O–H groups in total. The summed E-state index contributed by atoms with van der Waals surface area (Å²) in [6.07, 6.45) is 7.81. The molecule has 0 spiro atoms. The van der Waals surface area contributed by atoms with E-state index in [1.807, 2.05) is 43.3 Å². The van der Waals surface area contributed by atoms with E-state index in [1.165, 1.54) is 6.08 Å². The number of para-hydroxylation sites is 1. The van der Waals surface area contributed by atoms with Gasteiger partial charge in [-0.2, -0.15) is 0 Å². The van der Waals surface area contributed by atoms with Crippen LogP contribution in [0.2, 0.25) is 0 Å². The lowest BCUT2D eigenvalue weighted by molar-refractivity contribution is -0.230. The highest BCUT2D eigenvalue weighted by Crippen LogP contribution is 2.27. The van der Waals surface area contributed by atoms with Gasteiger partial charge in [-0.1, -0.05) is 37.3 Å². The van der Waals surface area contributed by atoms with Crippen LogP contribution < -0.4 is 0 Å². The van der Waals surface area contributed by atoms with Crippen molar-refractivity contribution >= 4 is 28.9 Å². The predicted molar refractivity (Wildman–Crippen MR) is 94.4 cm³/mol. The fourth-order valence-corrected chi connectivity index (χ4v) is 2.81. The zero-order chi connectivity index (χ0) is 17.9. The number of hydrogen-bond acceptors (Lipinski definition) is 5. The molecule has 0 radical (unpaired) electrons. The quantitative estimate of drug-likeness (QED) is 0.482. The molecule has 2 heterocycles. The van der Waals surface area contributed by atoms with Crippen molar-refractivity contribution in [2.75, 3.05) is 0 Å². The molecular weight excluding hydrogens is 318 g/mol. The van der Waals surface area contributed by atoms with E-state index in [0.717, 1.165) is 22.9 Å². The van der Waals surface area contributed by atoms with Gasteiger partial charge in [0.2, 0.25) is 0 Å². The van der Waals surface area contributed by atoms with Crippen molar-refractivity contribution < 1.29 is 19.1 Å². The Morgan fingerprint density at radius 1 is 1.12 bits per heavy atom. The van der Waals surface area contributed by atoms with Crippen LogP contribution in [0, 0.1) is 0 Å². The number of carbonyl (C=O) groups excluding carboxylic acids is 2. The lowest BCUT2D eigenvalue weighted by Crippen LogP contribution is -2.44. The number of cyclic esters (lactones) is 2. The average Bonchev–Trinajstić information content (AvgIpc) is 2.57. The first-order valence-corrected chi connectivity index (χ1v) is 8.21. The molecule has 2 aromatic rings. The molecule has 1 saturated heterocycles. The van der Waals surface area contributed by atoms with Gasteiger partial charge in [0.15, 0.2) is 0 Å². The van der Waals surface area contributed by atoms with Crippen molar-refractivity contribution in [3.8, 4) is 0 Å². The highest BCUT2D eigenvalue weighted by Gasteiger charge is 2.41. The second kappa shape index (κ2) is 6.89. The van der Waals surface area contributed by atoms with Crippen molar-refractivity contribution in [1.29, 1.82) is 0 Å². The largest absolute Gasteiger partial charge is 0.419 e. The maximum Gasteiger partial charge on any atom is 0.348 e. The number of fused-ring (bicyclic) bond motifs is 1. The number of pyridine rings is 1. The SMILES string of the molecule is CCCC1(C)OC(=O)C(=C/C=C/c2ccnc3ccccc23)C(=O)O1. The molecule has 25 heavy (non-hydrogen) atoms. The Morgan fingerprint density at radius 3 is 2.56 bits per heavy atom. The number of nitrogens with zero attached hydrogens (tertiary/aromatic N) is 1. The van der Waals surface area contributed by atoms with Crippen molar-refractivity contribution in [2.45, 2.75) is 32.5 Å². The van der Waals surface area contributed by atoms with Gasteiger partial charge in [0, 0.05) is 24.9 Å². The third kappa shape index (κ3) is 3.60. The van der Waals surface area contributed by atoms with E-state index in [0.29, 0.717) is 6.42 Å². The van der Waals surface area contributed by atoms with E-state index in [4.69, 9.17) is 9.47 Å². The van der Waals surface area contributed by atoms with Gasteiger partial charge in [-0.15, -0.1) is 0 Å². The van der Waals surface area contributed by atoms with Gasteiger partial charge in [0.1, 0.15) is 5.57 Å². The van der Waals surface area contributed by atoms with Gasteiger partial charge in [0.25, 0.3) is 5.79 Å². The monoisotopic (exact) mass is 337 g/mol. The molecular formula is C20H19NO4. The van der Waals surface area contributed by atoms with Crippen LogP contribution in [0.1, 0.15) is 32.3 Å². The van der Waals surface area contributed by atoms with Gasteiger partial charge in [0.05, 0.1) is 5.52 Å². The molecule has 1 aliphatic rings. The summed E-state index contributed by atoms with van der Waals surface area (Å²) >= 11 is 0. The molecule has 0 unspecified atom stereocenters. The Labute approximate surface area is 146 Å². The normalized spacial score (nSPS) is 20.6. The topological polar surface area (TPSA) is 65.5 Å². The van der Waals surface area contributed by atoms with Crippen molar-refractivity contribution in [3.63, 3.8) is 0 Å². The molecule has 5 heteroatoms. The van der Waals surface area contributed by atoms with E-state index in [2.05, 4.69) is 4.98 Å². The van der Waals surface area contributed by atoms with Crippen LogP contribution >= 0.6 is 0 Å². The fourth-order valence-electron chi connectivity index (χ4n) is 2.81. The zero-order valence-electron chi connectivity index (χ0n) is 14.2. The van der Waals surface area contributed by atoms with Crippen LogP contribution in [-0.4, -0.2) is 22.7 Å². The number of esters is 2. The summed E-state index contributed by atoms with van der Waals surface area (Å²) in [5.74, 6) is -2.49. The molecule has 1 aliphatic heterocycles. The number of hydrogen-bond donors (Lipinski definition) is 0. The number of aromatic nitrogens is 1.